The number of nitrogens with zero attached hydrogens (tertiary/aromatic N) is 1. The number of hydrogen-bond donors (Lipinski definition) is 2. The van der Waals surface area contributed by atoms with E-state index < -0.39 is 11.9 Å². The van der Waals surface area contributed by atoms with Gasteiger partial charge in [-0.25, -0.2) is 14.4 Å². The van der Waals surface area contributed by atoms with Crippen LogP contribution in [0.1, 0.15) is 32.0 Å². The third kappa shape index (κ3) is 3.59. The Hall–Kier alpha value is -3.81. The van der Waals surface area contributed by atoms with E-state index in [1.54, 1.807) is 4.90 Å². The molecule has 1 aromatic heterocycles. The SMILES string of the molecule is COC(=O)c1cc(NC(=O)N2CCc3c([nH]c4ccccc34)C2)cc(C(=O)OC)c1. The molecule has 0 bridgehead atoms. The maximum absolute atomic E-state index is 12.9. The number of aromatic amines is 1. The number of carbonyl (C=O) groups excluding carboxylic acids is 3. The monoisotopic (exact) mass is 407 g/mol. The second-order valence-electron chi connectivity index (χ2n) is 7.01. The Morgan fingerprint density at radius 2 is 1.67 bits per heavy atom. The summed E-state index contributed by atoms with van der Waals surface area (Å²) in [4.78, 5) is 41.8. The van der Waals surface area contributed by atoms with E-state index in [0.29, 0.717) is 18.8 Å². The van der Waals surface area contributed by atoms with Gasteiger partial charge >= 0.3 is 18.0 Å². The number of aromatic nitrogens is 1. The van der Waals surface area contributed by atoms with E-state index in [1.807, 2.05) is 18.2 Å². The first kappa shape index (κ1) is 19.5. The quantitative estimate of drug-likeness (QED) is 0.649. The van der Waals surface area contributed by atoms with Crippen molar-refractivity contribution in [3.63, 3.8) is 0 Å². The molecule has 154 valence electrons. The van der Waals surface area contributed by atoms with Gasteiger partial charge in [0, 0.05) is 28.8 Å². The third-order valence-corrected chi connectivity index (χ3v) is 5.20. The lowest BCUT2D eigenvalue weighted by Gasteiger charge is -2.27. The van der Waals surface area contributed by atoms with E-state index in [0.717, 1.165) is 17.6 Å². The van der Waals surface area contributed by atoms with Gasteiger partial charge in [-0.15, -0.1) is 0 Å². The molecule has 0 saturated carbocycles. The first-order valence-corrected chi connectivity index (χ1v) is 9.46. The maximum atomic E-state index is 12.9. The zero-order chi connectivity index (χ0) is 21.3. The molecule has 0 spiro atoms. The molecule has 8 nitrogen and oxygen atoms in total. The number of urea groups is 1. The summed E-state index contributed by atoms with van der Waals surface area (Å²) in [5.41, 5.74) is 3.90. The number of methoxy groups -OCH3 is 2. The summed E-state index contributed by atoms with van der Waals surface area (Å²) >= 11 is 0. The van der Waals surface area contributed by atoms with Crippen LogP contribution >= 0.6 is 0 Å². The summed E-state index contributed by atoms with van der Waals surface area (Å²) < 4.78 is 9.46. The van der Waals surface area contributed by atoms with Gasteiger partial charge in [0.15, 0.2) is 0 Å². The molecule has 0 saturated heterocycles. The highest BCUT2D eigenvalue weighted by Crippen LogP contribution is 2.28. The van der Waals surface area contributed by atoms with Crippen LogP contribution in [-0.2, 0) is 22.4 Å². The molecule has 1 aliphatic rings. The fourth-order valence-electron chi connectivity index (χ4n) is 3.74. The highest BCUT2D eigenvalue weighted by atomic mass is 16.5. The fraction of sp³-hybridized carbons (Fsp3) is 0.227. The normalized spacial score (nSPS) is 12.9. The summed E-state index contributed by atoms with van der Waals surface area (Å²) in [7, 11) is 2.49. The van der Waals surface area contributed by atoms with Gasteiger partial charge in [-0.05, 0) is 36.2 Å². The summed E-state index contributed by atoms with van der Waals surface area (Å²) in [6.45, 7) is 0.998. The van der Waals surface area contributed by atoms with Crippen molar-refractivity contribution in [1.82, 2.24) is 9.88 Å². The largest absolute Gasteiger partial charge is 0.465 e. The molecule has 2 amide bonds. The van der Waals surface area contributed by atoms with Crippen molar-refractivity contribution in [1.29, 1.82) is 0 Å². The molecule has 0 atom stereocenters. The number of para-hydroxylation sites is 1. The van der Waals surface area contributed by atoms with Gasteiger partial charge in [-0.1, -0.05) is 18.2 Å². The number of ether oxygens (including phenoxy) is 2. The number of benzene rings is 2. The minimum absolute atomic E-state index is 0.146. The number of nitrogens with one attached hydrogen (secondary N) is 2. The van der Waals surface area contributed by atoms with Gasteiger partial charge < -0.3 is 24.7 Å². The second kappa shape index (κ2) is 7.90. The van der Waals surface area contributed by atoms with Crippen molar-refractivity contribution in [2.24, 2.45) is 0 Å². The summed E-state index contributed by atoms with van der Waals surface area (Å²) in [6, 6.07) is 12.0. The Balaban J connectivity index is 1.56. The van der Waals surface area contributed by atoms with E-state index >= 15 is 0 Å². The number of rotatable bonds is 3. The fourth-order valence-corrected chi connectivity index (χ4v) is 3.74. The third-order valence-electron chi connectivity index (χ3n) is 5.20. The molecule has 30 heavy (non-hydrogen) atoms. The minimum atomic E-state index is -0.614. The van der Waals surface area contributed by atoms with Crippen molar-refractivity contribution in [3.05, 3.63) is 64.8 Å². The Kier molecular flexibility index (Phi) is 5.14. The van der Waals surface area contributed by atoms with Crippen LogP contribution < -0.4 is 5.32 Å². The number of fused-ring (bicyclic) bond motifs is 3. The lowest BCUT2D eigenvalue weighted by molar-refractivity contribution is 0.0599. The first-order valence-electron chi connectivity index (χ1n) is 9.46. The zero-order valence-corrected chi connectivity index (χ0v) is 16.7. The second-order valence-corrected chi connectivity index (χ2v) is 7.01. The molecule has 0 unspecified atom stereocenters. The van der Waals surface area contributed by atoms with E-state index in [9.17, 15) is 14.4 Å². The molecule has 1 aliphatic heterocycles. The van der Waals surface area contributed by atoms with Crippen molar-refractivity contribution < 1.29 is 23.9 Å². The topological polar surface area (TPSA) is 101 Å². The van der Waals surface area contributed by atoms with Crippen LogP contribution in [0.4, 0.5) is 10.5 Å². The van der Waals surface area contributed by atoms with Crippen molar-refractivity contribution in [2.45, 2.75) is 13.0 Å². The van der Waals surface area contributed by atoms with Crippen LogP contribution in [0.25, 0.3) is 10.9 Å². The molecule has 0 fully saturated rings. The number of amides is 2. The Labute approximate surface area is 172 Å². The van der Waals surface area contributed by atoms with Crippen LogP contribution in [0, 0.1) is 0 Å². The lowest BCUT2D eigenvalue weighted by Crippen LogP contribution is -2.38. The molecule has 2 aromatic carbocycles. The van der Waals surface area contributed by atoms with Crippen LogP contribution in [0.5, 0.6) is 0 Å². The molecule has 8 heteroatoms. The summed E-state index contributed by atoms with van der Waals surface area (Å²) in [5, 5.41) is 3.95. The van der Waals surface area contributed by atoms with E-state index in [4.69, 9.17) is 9.47 Å². The van der Waals surface area contributed by atoms with Crippen molar-refractivity contribution >= 4 is 34.6 Å². The minimum Gasteiger partial charge on any atom is -0.465 e. The van der Waals surface area contributed by atoms with Crippen LogP contribution in [0.15, 0.2) is 42.5 Å². The Morgan fingerprint density at radius 1 is 1.00 bits per heavy atom. The predicted octanol–water partition coefficient (Wildman–Crippen LogP) is 3.33. The number of anilines is 1. The highest BCUT2D eigenvalue weighted by molar-refractivity contribution is 5.99. The molecule has 2 N–H and O–H groups in total. The molecule has 2 heterocycles. The number of carbonyl (C=O) groups is 3. The van der Waals surface area contributed by atoms with Crippen molar-refractivity contribution in [2.75, 3.05) is 26.1 Å². The van der Waals surface area contributed by atoms with Gasteiger partial charge in [0.05, 0.1) is 31.9 Å². The maximum Gasteiger partial charge on any atom is 0.337 e. The molecule has 0 aliphatic carbocycles. The first-order chi connectivity index (χ1) is 14.5. The Bertz CT molecular complexity index is 1120. The van der Waals surface area contributed by atoms with Crippen molar-refractivity contribution in [3.8, 4) is 0 Å². The number of esters is 2. The van der Waals surface area contributed by atoms with Gasteiger partial charge in [0.25, 0.3) is 0 Å². The van der Waals surface area contributed by atoms with Gasteiger partial charge in [-0.3, -0.25) is 0 Å². The smallest absolute Gasteiger partial charge is 0.337 e. The zero-order valence-electron chi connectivity index (χ0n) is 16.7. The molecule has 4 rings (SSSR count). The van der Waals surface area contributed by atoms with E-state index in [1.165, 1.54) is 43.4 Å². The average Bonchev–Trinajstić information content (AvgIpc) is 3.15. The van der Waals surface area contributed by atoms with E-state index in [-0.39, 0.29) is 17.2 Å². The van der Waals surface area contributed by atoms with Crippen LogP contribution in [0.2, 0.25) is 0 Å². The molecule has 0 radical (unpaired) electrons. The predicted molar refractivity (Wildman–Crippen MR) is 111 cm³/mol. The van der Waals surface area contributed by atoms with E-state index in [2.05, 4.69) is 16.4 Å². The standard InChI is InChI=1S/C22H21N3O5/c1-29-20(26)13-9-14(21(27)30-2)11-15(10-13)23-22(28)25-8-7-17-16-5-3-4-6-18(16)24-19(17)12-25/h3-6,9-11,24H,7-8,12H2,1-2H3,(H,23,28). The molecular formula is C22H21N3O5. The average molecular weight is 407 g/mol. The lowest BCUT2D eigenvalue weighted by atomic mass is 10.0. The van der Waals surface area contributed by atoms with Gasteiger partial charge in [0.2, 0.25) is 0 Å². The molecular weight excluding hydrogens is 386 g/mol. The number of H-pyrrole nitrogens is 1. The Morgan fingerprint density at radius 3 is 2.33 bits per heavy atom. The van der Waals surface area contributed by atoms with Gasteiger partial charge in [0.1, 0.15) is 0 Å². The van der Waals surface area contributed by atoms with Crippen LogP contribution in [0.3, 0.4) is 0 Å². The summed E-state index contributed by atoms with van der Waals surface area (Å²) in [6.07, 6.45) is 0.738. The summed E-state index contributed by atoms with van der Waals surface area (Å²) in [5.74, 6) is -1.23. The van der Waals surface area contributed by atoms with Gasteiger partial charge in [-0.2, -0.15) is 0 Å². The number of hydrogen-bond acceptors (Lipinski definition) is 5. The molecule has 3 aromatic rings. The van der Waals surface area contributed by atoms with Crippen LogP contribution in [-0.4, -0.2) is 48.6 Å². The highest BCUT2D eigenvalue weighted by Gasteiger charge is 2.24.